The highest BCUT2D eigenvalue weighted by atomic mass is 19.2. The highest BCUT2D eigenvalue weighted by molar-refractivity contribution is 6.11. The Balaban J connectivity index is 1.81. The molecule has 0 bridgehead atoms. The van der Waals surface area contributed by atoms with Crippen LogP contribution >= 0.6 is 0 Å². The monoisotopic (exact) mass is 412 g/mol. The van der Waals surface area contributed by atoms with Crippen LogP contribution in [0.5, 0.6) is 11.5 Å². The fourth-order valence-corrected chi connectivity index (χ4v) is 3.76. The normalized spacial score (nSPS) is 19.7. The average molecular weight is 412 g/mol. The Hall–Kier alpha value is -2.93. The lowest BCUT2D eigenvalue weighted by Crippen LogP contribution is -2.45. The predicted octanol–water partition coefficient (Wildman–Crippen LogP) is 3.87. The van der Waals surface area contributed by atoms with E-state index in [9.17, 15) is 8.78 Å². The Morgan fingerprint density at radius 1 is 1.27 bits per heavy atom. The van der Waals surface area contributed by atoms with E-state index in [1.807, 2.05) is 19.2 Å². The molecule has 0 aromatic heterocycles. The van der Waals surface area contributed by atoms with Crippen molar-refractivity contribution in [3.05, 3.63) is 59.3 Å². The number of rotatable bonds is 5. The molecule has 1 atom stereocenters. The summed E-state index contributed by atoms with van der Waals surface area (Å²) in [6.45, 7) is 3.83. The molecule has 1 saturated heterocycles. The van der Waals surface area contributed by atoms with Crippen molar-refractivity contribution in [3.63, 3.8) is 0 Å². The number of fused-ring (bicyclic) bond motifs is 1. The molecular weight excluding hydrogens is 386 g/mol. The van der Waals surface area contributed by atoms with E-state index in [0.29, 0.717) is 22.9 Å². The number of nitrogens with one attached hydrogen (secondary N) is 1. The van der Waals surface area contributed by atoms with Crippen molar-refractivity contribution in [1.29, 1.82) is 0 Å². The predicted molar refractivity (Wildman–Crippen MR) is 116 cm³/mol. The summed E-state index contributed by atoms with van der Waals surface area (Å²) in [7, 11) is 2.03. The van der Waals surface area contributed by atoms with Gasteiger partial charge in [-0.25, -0.2) is 4.39 Å². The number of allylic oxidation sites excluding steroid dienone is 1. The lowest BCUT2D eigenvalue weighted by atomic mass is 9.92. The molecule has 30 heavy (non-hydrogen) atoms. The highest BCUT2D eigenvalue weighted by Gasteiger charge is 2.27. The maximum atomic E-state index is 14.4. The summed E-state index contributed by atoms with van der Waals surface area (Å²) >= 11 is 0. The van der Waals surface area contributed by atoms with Gasteiger partial charge in [0.15, 0.2) is 11.6 Å². The van der Waals surface area contributed by atoms with Gasteiger partial charge in [0, 0.05) is 61.0 Å². The lowest BCUT2D eigenvalue weighted by molar-refractivity contribution is 0.410. The minimum absolute atomic E-state index is 0.151. The van der Waals surface area contributed by atoms with Crippen molar-refractivity contribution in [2.75, 3.05) is 25.0 Å². The summed E-state index contributed by atoms with van der Waals surface area (Å²) in [5.41, 5.74) is 9.28. The summed E-state index contributed by atoms with van der Waals surface area (Å²) in [4.78, 5) is 6.74. The topological polar surface area (TPSA) is 62.9 Å². The Labute approximate surface area is 175 Å². The fraction of sp³-hybridized carbons (Fsp3) is 0.348. The van der Waals surface area contributed by atoms with Gasteiger partial charge >= 0.3 is 0 Å². The van der Waals surface area contributed by atoms with Crippen molar-refractivity contribution in [3.8, 4) is 11.5 Å². The summed E-state index contributed by atoms with van der Waals surface area (Å²) < 4.78 is 34.2. The largest absolute Gasteiger partial charge is 0.453 e. The molecule has 0 radical (unpaired) electrons. The minimum atomic E-state index is -1.01. The molecule has 3 N–H and O–H groups in total. The third-order valence-electron chi connectivity index (χ3n) is 5.89. The second-order valence-electron chi connectivity index (χ2n) is 7.80. The SMILES string of the molecule is CC1CCc2c(ccc(C(C=NC3CNC3)=CN)c2Oc2cccc(F)c2F)N1C. The number of halogens is 2. The molecule has 1 fully saturated rings. The summed E-state index contributed by atoms with van der Waals surface area (Å²) in [5, 5.41) is 3.18. The fourth-order valence-electron chi connectivity index (χ4n) is 3.76. The molecule has 0 spiro atoms. The molecule has 158 valence electrons. The van der Waals surface area contributed by atoms with Crippen LogP contribution < -0.4 is 20.7 Å². The zero-order valence-corrected chi connectivity index (χ0v) is 17.2. The number of hydrogen-bond donors (Lipinski definition) is 2. The van der Waals surface area contributed by atoms with Gasteiger partial charge in [0.2, 0.25) is 5.82 Å². The molecule has 5 nitrogen and oxygen atoms in total. The van der Waals surface area contributed by atoms with E-state index in [2.05, 4.69) is 22.1 Å². The molecule has 2 aliphatic heterocycles. The van der Waals surface area contributed by atoms with E-state index in [-0.39, 0.29) is 11.8 Å². The smallest absolute Gasteiger partial charge is 0.201 e. The lowest BCUT2D eigenvalue weighted by Gasteiger charge is -2.35. The molecule has 0 aliphatic carbocycles. The Kier molecular flexibility index (Phi) is 5.72. The van der Waals surface area contributed by atoms with E-state index < -0.39 is 11.6 Å². The minimum Gasteiger partial charge on any atom is -0.453 e. The molecule has 1 unspecified atom stereocenters. The van der Waals surface area contributed by atoms with E-state index in [4.69, 9.17) is 10.5 Å². The number of benzene rings is 2. The van der Waals surface area contributed by atoms with Crippen LogP contribution in [0.1, 0.15) is 24.5 Å². The number of anilines is 1. The van der Waals surface area contributed by atoms with Crippen LogP contribution in [0.15, 0.2) is 41.5 Å². The van der Waals surface area contributed by atoms with E-state index >= 15 is 0 Å². The van der Waals surface area contributed by atoms with Gasteiger partial charge in [-0.15, -0.1) is 0 Å². The standard InChI is InChI=1S/C23H26F2N4O/c1-14-6-7-18-20(29(14)2)9-8-17(15(10-26)11-28-16-12-27-13-16)23(18)30-21-5-3-4-19(24)22(21)25/h3-5,8-11,14,16,27H,6-7,12-13,26H2,1-2H3. The molecule has 2 heterocycles. The molecule has 2 aliphatic rings. The molecule has 4 rings (SSSR count). The van der Waals surface area contributed by atoms with Crippen LogP contribution in [0.25, 0.3) is 5.57 Å². The Bertz CT molecular complexity index is 1000. The molecule has 2 aromatic carbocycles. The van der Waals surface area contributed by atoms with Gasteiger partial charge in [0.05, 0.1) is 6.04 Å². The van der Waals surface area contributed by atoms with Gasteiger partial charge in [-0.3, -0.25) is 4.99 Å². The van der Waals surface area contributed by atoms with Crippen LogP contribution in [-0.2, 0) is 6.42 Å². The van der Waals surface area contributed by atoms with Crippen molar-refractivity contribution < 1.29 is 13.5 Å². The number of hydrogen-bond acceptors (Lipinski definition) is 5. The van der Waals surface area contributed by atoms with Crippen LogP contribution in [0.4, 0.5) is 14.5 Å². The second-order valence-corrected chi connectivity index (χ2v) is 7.80. The van der Waals surface area contributed by atoms with Crippen molar-refractivity contribution in [2.24, 2.45) is 10.7 Å². The first-order valence-corrected chi connectivity index (χ1v) is 10.2. The Morgan fingerprint density at radius 2 is 2.07 bits per heavy atom. The van der Waals surface area contributed by atoms with Crippen molar-refractivity contribution in [1.82, 2.24) is 5.32 Å². The van der Waals surface area contributed by atoms with Crippen LogP contribution in [-0.4, -0.2) is 38.4 Å². The van der Waals surface area contributed by atoms with Crippen molar-refractivity contribution >= 4 is 17.5 Å². The van der Waals surface area contributed by atoms with Gasteiger partial charge in [0.25, 0.3) is 0 Å². The highest BCUT2D eigenvalue weighted by Crippen LogP contribution is 2.42. The molecule has 2 aromatic rings. The molecule has 0 saturated carbocycles. The van der Waals surface area contributed by atoms with Gasteiger partial charge in [-0.05, 0) is 44.0 Å². The number of nitrogens with zero attached hydrogens (tertiary/aromatic N) is 2. The number of aliphatic imine (C=N–C) groups is 1. The van der Waals surface area contributed by atoms with E-state index in [1.165, 1.54) is 18.3 Å². The first kappa shape index (κ1) is 20.3. The Morgan fingerprint density at radius 3 is 2.77 bits per heavy atom. The molecular formula is C23H26F2N4O. The van der Waals surface area contributed by atoms with Crippen molar-refractivity contribution in [2.45, 2.75) is 31.8 Å². The van der Waals surface area contributed by atoms with E-state index in [0.717, 1.165) is 43.2 Å². The third-order valence-corrected chi connectivity index (χ3v) is 5.89. The van der Waals surface area contributed by atoms with Crippen LogP contribution in [0.3, 0.4) is 0 Å². The first-order chi connectivity index (χ1) is 14.5. The van der Waals surface area contributed by atoms with E-state index in [1.54, 1.807) is 6.21 Å². The van der Waals surface area contributed by atoms with Gasteiger partial charge < -0.3 is 20.7 Å². The summed E-state index contributed by atoms with van der Waals surface area (Å²) in [6.07, 6.45) is 4.90. The van der Waals surface area contributed by atoms with Gasteiger partial charge in [-0.1, -0.05) is 6.07 Å². The van der Waals surface area contributed by atoms with Gasteiger partial charge in [-0.2, -0.15) is 4.39 Å². The number of nitrogens with two attached hydrogens (primary N) is 1. The van der Waals surface area contributed by atoms with Gasteiger partial charge in [0.1, 0.15) is 5.75 Å². The summed E-state index contributed by atoms with van der Waals surface area (Å²) in [6, 6.07) is 8.46. The second kappa shape index (κ2) is 8.44. The average Bonchev–Trinajstić information content (AvgIpc) is 2.71. The maximum Gasteiger partial charge on any atom is 0.201 e. The van der Waals surface area contributed by atoms with Crippen LogP contribution in [0.2, 0.25) is 0 Å². The quantitative estimate of drug-likeness (QED) is 0.732. The van der Waals surface area contributed by atoms with Crippen LogP contribution in [0, 0.1) is 11.6 Å². The third kappa shape index (κ3) is 3.77. The summed E-state index contributed by atoms with van der Waals surface area (Å²) in [5.74, 6) is -1.61. The first-order valence-electron chi connectivity index (χ1n) is 10.2. The molecule has 7 heteroatoms. The number of ether oxygens (including phenoxy) is 1. The molecule has 0 amide bonds. The maximum absolute atomic E-state index is 14.4. The zero-order chi connectivity index (χ0) is 21.3. The zero-order valence-electron chi connectivity index (χ0n) is 17.2.